The monoisotopic (exact) mass is 233 g/mol. The Labute approximate surface area is 90.1 Å². The van der Waals surface area contributed by atoms with Gasteiger partial charge >= 0.3 is 6.18 Å². The molecule has 0 saturated heterocycles. The molecule has 1 aromatic rings. The Balaban J connectivity index is 2.24. The van der Waals surface area contributed by atoms with Crippen LogP contribution in [0.3, 0.4) is 0 Å². The van der Waals surface area contributed by atoms with E-state index in [-0.39, 0.29) is 6.42 Å². The van der Waals surface area contributed by atoms with Crippen LogP contribution in [0.1, 0.15) is 5.56 Å². The fraction of sp³-hybridized carbons (Fsp3) is 0.400. The zero-order chi connectivity index (χ0) is 11.1. The van der Waals surface area contributed by atoms with E-state index in [2.05, 4.69) is 5.32 Å². The summed E-state index contributed by atoms with van der Waals surface area (Å²) in [5, 5.41) is 2.51. The molecule has 1 N–H and O–H groups in total. The van der Waals surface area contributed by atoms with E-state index in [1.54, 1.807) is 12.1 Å². The van der Waals surface area contributed by atoms with Crippen molar-refractivity contribution in [3.63, 3.8) is 0 Å². The number of nitrogens with one attached hydrogen (secondary N) is 1. The molecule has 0 bridgehead atoms. The molecule has 1 nitrogen and oxygen atoms in total. The zero-order valence-corrected chi connectivity index (χ0v) is 8.88. The summed E-state index contributed by atoms with van der Waals surface area (Å²) in [6, 6.07) is 3.96. The standard InChI is InChI=1S/C10H10F3NS/c1-15-7-3-2-6-4-9(10(11,12)13)14-8(6)5-7/h2-3,5,9,14H,4H2,1H3. The highest BCUT2D eigenvalue weighted by Gasteiger charge is 2.42. The van der Waals surface area contributed by atoms with Gasteiger partial charge in [-0.3, -0.25) is 0 Å². The fourth-order valence-corrected chi connectivity index (χ4v) is 2.09. The molecular weight excluding hydrogens is 223 g/mol. The van der Waals surface area contributed by atoms with Crippen LogP contribution in [-0.4, -0.2) is 18.5 Å². The van der Waals surface area contributed by atoms with Gasteiger partial charge in [0.05, 0.1) is 0 Å². The summed E-state index contributed by atoms with van der Waals surface area (Å²) in [6.07, 6.45) is -2.23. The van der Waals surface area contributed by atoms with E-state index in [9.17, 15) is 13.2 Å². The number of thioether (sulfide) groups is 1. The van der Waals surface area contributed by atoms with E-state index in [0.29, 0.717) is 5.69 Å². The average molecular weight is 233 g/mol. The lowest BCUT2D eigenvalue weighted by Gasteiger charge is -2.14. The second kappa shape index (κ2) is 3.63. The minimum absolute atomic E-state index is 0.0352. The molecule has 1 heterocycles. The Kier molecular flexibility index (Phi) is 2.58. The lowest BCUT2D eigenvalue weighted by molar-refractivity contribution is -0.140. The molecule has 1 aromatic carbocycles. The van der Waals surface area contributed by atoms with Crippen molar-refractivity contribution in [2.75, 3.05) is 11.6 Å². The van der Waals surface area contributed by atoms with Crippen molar-refractivity contribution in [3.8, 4) is 0 Å². The number of fused-ring (bicyclic) bond motifs is 1. The van der Waals surface area contributed by atoms with Gasteiger partial charge in [0.25, 0.3) is 0 Å². The quantitative estimate of drug-likeness (QED) is 0.747. The van der Waals surface area contributed by atoms with Gasteiger partial charge in [-0.15, -0.1) is 11.8 Å². The molecule has 1 aliphatic rings. The van der Waals surface area contributed by atoms with Gasteiger partial charge in [0.15, 0.2) is 0 Å². The Morgan fingerprint density at radius 3 is 2.73 bits per heavy atom. The number of hydrogen-bond donors (Lipinski definition) is 1. The number of hydrogen-bond acceptors (Lipinski definition) is 2. The number of benzene rings is 1. The Hall–Kier alpha value is -0.840. The number of rotatable bonds is 1. The Morgan fingerprint density at radius 1 is 1.40 bits per heavy atom. The molecule has 2 rings (SSSR count). The summed E-state index contributed by atoms with van der Waals surface area (Å²) in [5.41, 5.74) is 1.36. The van der Waals surface area contributed by atoms with Crippen LogP contribution in [0.5, 0.6) is 0 Å². The van der Waals surface area contributed by atoms with E-state index >= 15 is 0 Å². The first-order valence-corrected chi connectivity index (χ1v) is 5.73. The zero-order valence-electron chi connectivity index (χ0n) is 8.06. The van der Waals surface area contributed by atoms with Crippen molar-refractivity contribution < 1.29 is 13.2 Å². The molecule has 15 heavy (non-hydrogen) atoms. The minimum Gasteiger partial charge on any atom is -0.373 e. The van der Waals surface area contributed by atoms with E-state index in [1.807, 2.05) is 12.3 Å². The maximum absolute atomic E-state index is 12.4. The lowest BCUT2D eigenvalue weighted by Crippen LogP contribution is -2.34. The molecule has 0 saturated carbocycles. The first-order valence-electron chi connectivity index (χ1n) is 4.51. The summed E-state index contributed by atoms with van der Waals surface area (Å²) in [7, 11) is 0. The van der Waals surface area contributed by atoms with Gasteiger partial charge in [-0.2, -0.15) is 13.2 Å². The molecule has 0 aromatic heterocycles. The third-order valence-corrected chi connectivity index (χ3v) is 3.19. The second-order valence-electron chi connectivity index (χ2n) is 3.47. The van der Waals surface area contributed by atoms with Crippen molar-refractivity contribution in [2.24, 2.45) is 0 Å². The number of anilines is 1. The van der Waals surface area contributed by atoms with Crippen molar-refractivity contribution in [2.45, 2.75) is 23.5 Å². The predicted octanol–water partition coefficient (Wildman–Crippen LogP) is 3.31. The normalized spacial score (nSPS) is 19.9. The van der Waals surface area contributed by atoms with Crippen molar-refractivity contribution in [3.05, 3.63) is 23.8 Å². The highest BCUT2D eigenvalue weighted by molar-refractivity contribution is 7.98. The van der Waals surface area contributed by atoms with Gasteiger partial charge in [0.1, 0.15) is 6.04 Å². The SMILES string of the molecule is CSc1ccc2c(c1)NC(C(F)(F)F)C2. The van der Waals surface area contributed by atoms with Crippen molar-refractivity contribution in [1.82, 2.24) is 0 Å². The van der Waals surface area contributed by atoms with Crippen LogP contribution in [0.4, 0.5) is 18.9 Å². The van der Waals surface area contributed by atoms with Crippen LogP contribution < -0.4 is 5.32 Å². The van der Waals surface area contributed by atoms with E-state index < -0.39 is 12.2 Å². The molecule has 0 radical (unpaired) electrons. The largest absolute Gasteiger partial charge is 0.408 e. The average Bonchev–Trinajstić information content (AvgIpc) is 2.59. The highest BCUT2D eigenvalue weighted by atomic mass is 32.2. The summed E-state index contributed by atoms with van der Waals surface area (Å²) >= 11 is 1.52. The van der Waals surface area contributed by atoms with E-state index in [0.717, 1.165) is 10.5 Å². The van der Waals surface area contributed by atoms with Gasteiger partial charge in [0, 0.05) is 17.0 Å². The third kappa shape index (κ3) is 2.07. The van der Waals surface area contributed by atoms with E-state index in [1.165, 1.54) is 11.8 Å². The van der Waals surface area contributed by atoms with Crippen LogP contribution in [0.2, 0.25) is 0 Å². The number of alkyl halides is 3. The molecule has 0 amide bonds. The summed E-state index contributed by atoms with van der Waals surface area (Å²) in [4.78, 5) is 0.976. The maximum Gasteiger partial charge on any atom is 0.408 e. The first kappa shape index (κ1) is 10.7. The first-order chi connectivity index (χ1) is 7.00. The van der Waals surface area contributed by atoms with Crippen LogP contribution >= 0.6 is 11.8 Å². The Morgan fingerprint density at radius 2 is 2.13 bits per heavy atom. The maximum atomic E-state index is 12.4. The van der Waals surface area contributed by atoms with Gasteiger partial charge in [0.2, 0.25) is 0 Å². The second-order valence-corrected chi connectivity index (χ2v) is 4.35. The molecule has 5 heteroatoms. The molecule has 0 spiro atoms. The third-order valence-electron chi connectivity index (χ3n) is 2.47. The summed E-state index contributed by atoms with van der Waals surface area (Å²) in [6.45, 7) is 0. The van der Waals surface area contributed by atoms with Crippen molar-refractivity contribution >= 4 is 17.4 Å². The fourth-order valence-electron chi connectivity index (χ4n) is 1.65. The summed E-state index contributed by atoms with van der Waals surface area (Å²) < 4.78 is 37.3. The van der Waals surface area contributed by atoms with Crippen LogP contribution in [0.15, 0.2) is 23.1 Å². The smallest absolute Gasteiger partial charge is 0.373 e. The topological polar surface area (TPSA) is 12.0 Å². The van der Waals surface area contributed by atoms with Gasteiger partial charge in [-0.1, -0.05) is 6.07 Å². The van der Waals surface area contributed by atoms with Crippen molar-refractivity contribution in [1.29, 1.82) is 0 Å². The molecule has 0 aliphatic carbocycles. The predicted molar refractivity (Wildman–Crippen MR) is 55.4 cm³/mol. The molecule has 1 atom stereocenters. The van der Waals surface area contributed by atoms with Crippen LogP contribution in [-0.2, 0) is 6.42 Å². The number of halogens is 3. The molecule has 1 unspecified atom stereocenters. The summed E-state index contributed by atoms with van der Waals surface area (Å²) in [5.74, 6) is 0. The van der Waals surface area contributed by atoms with Gasteiger partial charge in [-0.25, -0.2) is 0 Å². The van der Waals surface area contributed by atoms with Gasteiger partial charge in [-0.05, 0) is 24.0 Å². The minimum atomic E-state index is -4.17. The molecular formula is C10H10F3NS. The Bertz CT molecular complexity index is 375. The van der Waals surface area contributed by atoms with Gasteiger partial charge < -0.3 is 5.32 Å². The van der Waals surface area contributed by atoms with Crippen LogP contribution in [0.25, 0.3) is 0 Å². The molecule has 0 fully saturated rings. The molecule has 82 valence electrons. The highest BCUT2D eigenvalue weighted by Crippen LogP contribution is 2.35. The van der Waals surface area contributed by atoms with E-state index in [4.69, 9.17) is 0 Å². The molecule has 1 aliphatic heterocycles. The lowest BCUT2D eigenvalue weighted by atomic mass is 10.1. The van der Waals surface area contributed by atoms with Crippen LogP contribution in [0, 0.1) is 0 Å².